The van der Waals surface area contributed by atoms with Gasteiger partial charge in [-0.2, -0.15) is 0 Å². The van der Waals surface area contributed by atoms with Crippen LogP contribution in [0.2, 0.25) is 5.02 Å². The quantitative estimate of drug-likeness (QED) is 0.839. The smallest absolute Gasteiger partial charge is 0.135 e. The molecule has 0 amide bonds. The molecule has 1 saturated carbocycles. The molecule has 0 saturated heterocycles. The minimum absolute atomic E-state index is 0.473. The zero-order chi connectivity index (χ0) is 11.8. The van der Waals surface area contributed by atoms with E-state index >= 15 is 0 Å². The van der Waals surface area contributed by atoms with E-state index in [1.165, 1.54) is 25.7 Å². The average molecular weight is 248 g/mol. The molecule has 3 nitrogen and oxygen atoms in total. The lowest BCUT2D eigenvalue weighted by atomic mass is 10.1. The van der Waals surface area contributed by atoms with Gasteiger partial charge in [-0.3, -0.25) is 0 Å². The van der Waals surface area contributed by atoms with Crippen molar-refractivity contribution in [2.45, 2.75) is 31.6 Å². The monoisotopic (exact) mass is 247 g/mol. The Morgan fingerprint density at radius 3 is 2.71 bits per heavy atom. The number of halogens is 1. The van der Waals surface area contributed by atoms with Crippen LogP contribution in [0.15, 0.2) is 18.2 Å². The summed E-state index contributed by atoms with van der Waals surface area (Å²) in [5.41, 5.74) is 6.83. The molecule has 0 atom stereocenters. The van der Waals surface area contributed by atoms with Gasteiger partial charge >= 0.3 is 0 Å². The van der Waals surface area contributed by atoms with Crippen molar-refractivity contribution < 1.29 is 0 Å². The van der Waals surface area contributed by atoms with E-state index in [0.29, 0.717) is 16.8 Å². The molecule has 0 unspecified atom stereocenters. The number of rotatable bonds is 1. The summed E-state index contributed by atoms with van der Waals surface area (Å²) in [6.07, 6.45) is 4.88. The van der Waals surface area contributed by atoms with Crippen molar-refractivity contribution in [2.24, 2.45) is 0 Å². The van der Waals surface area contributed by atoms with E-state index in [2.05, 4.69) is 9.97 Å². The molecule has 1 aliphatic rings. The largest absolute Gasteiger partial charge is 0.383 e. The van der Waals surface area contributed by atoms with Gasteiger partial charge in [0.2, 0.25) is 0 Å². The number of benzene rings is 1. The van der Waals surface area contributed by atoms with E-state index in [1.807, 2.05) is 18.2 Å². The first-order chi connectivity index (χ1) is 8.24. The molecule has 3 rings (SSSR count). The van der Waals surface area contributed by atoms with Gasteiger partial charge in [0, 0.05) is 16.3 Å². The van der Waals surface area contributed by atoms with Crippen molar-refractivity contribution in [3.63, 3.8) is 0 Å². The lowest BCUT2D eigenvalue weighted by Gasteiger charge is -2.10. The molecule has 4 heteroatoms. The Hall–Kier alpha value is -1.35. The van der Waals surface area contributed by atoms with Crippen LogP contribution in [0.5, 0.6) is 0 Å². The zero-order valence-corrected chi connectivity index (χ0v) is 10.2. The molecule has 2 aromatic rings. The molecule has 88 valence electrons. The molecule has 1 heterocycles. The molecule has 0 radical (unpaired) electrons. The lowest BCUT2D eigenvalue weighted by Crippen LogP contribution is -2.04. The van der Waals surface area contributed by atoms with Crippen molar-refractivity contribution >= 4 is 28.3 Å². The Bertz CT molecular complexity index is 562. The summed E-state index contributed by atoms with van der Waals surface area (Å²) in [4.78, 5) is 9.04. The number of fused-ring (bicyclic) bond motifs is 1. The number of anilines is 1. The van der Waals surface area contributed by atoms with E-state index in [-0.39, 0.29) is 0 Å². The van der Waals surface area contributed by atoms with Crippen LogP contribution in [0, 0.1) is 0 Å². The number of nitrogens with zero attached hydrogens (tertiary/aromatic N) is 2. The standard InChI is InChI=1S/C13H14ClN3/c14-9-5-6-10-11(7-9)16-13(17-12(10)15)8-3-1-2-4-8/h5-8H,1-4H2,(H2,15,16,17). The molecule has 1 aromatic heterocycles. The minimum Gasteiger partial charge on any atom is -0.383 e. The van der Waals surface area contributed by atoms with Gasteiger partial charge in [0.25, 0.3) is 0 Å². The molecule has 1 fully saturated rings. The summed E-state index contributed by atoms with van der Waals surface area (Å²) < 4.78 is 0. The van der Waals surface area contributed by atoms with Crippen LogP contribution >= 0.6 is 11.6 Å². The number of nitrogen functional groups attached to an aromatic ring is 1. The fourth-order valence-electron chi connectivity index (χ4n) is 2.51. The SMILES string of the molecule is Nc1nc(C2CCCC2)nc2cc(Cl)ccc12. The van der Waals surface area contributed by atoms with E-state index in [9.17, 15) is 0 Å². The third-order valence-electron chi connectivity index (χ3n) is 3.43. The van der Waals surface area contributed by atoms with E-state index < -0.39 is 0 Å². The zero-order valence-electron chi connectivity index (χ0n) is 9.49. The van der Waals surface area contributed by atoms with Crippen molar-refractivity contribution in [3.05, 3.63) is 29.0 Å². The molecule has 0 bridgehead atoms. The lowest BCUT2D eigenvalue weighted by molar-refractivity contribution is 0.674. The Balaban J connectivity index is 2.14. The normalized spacial score (nSPS) is 16.8. The van der Waals surface area contributed by atoms with Crippen molar-refractivity contribution in [1.29, 1.82) is 0 Å². The van der Waals surface area contributed by atoms with E-state index in [1.54, 1.807) is 0 Å². The molecule has 0 spiro atoms. The summed E-state index contributed by atoms with van der Waals surface area (Å²) in [6, 6.07) is 5.55. The molecule has 2 N–H and O–H groups in total. The summed E-state index contributed by atoms with van der Waals surface area (Å²) in [7, 11) is 0. The summed E-state index contributed by atoms with van der Waals surface area (Å²) in [6.45, 7) is 0. The van der Waals surface area contributed by atoms with Gasteiger partial charge in [-0.25, -0.2) is 9.97 Å². The fraction of sp³-hybridized carbons (Fsp3) is 0.385. The first-order valence-electron chi connectivity index (χ1n) is 5.97. The average Bonchev–Trinajstić information content (AvgIpc) is 2.81. The maximum absolute atomic E-state index is 5.98. The highest BCUT2D eigenvalue weighted by Crippen LogP contribution is 2.33. The first kappa shape index (κ1) is 10.8. The first-order valence-corrected chi connectivity index (χ1v) is 6.34. The van der Waals surface area contributed by atoms with Gasteiger partial charge in [-0.1, -0.05) is 24.4 Å². The van der Waals surface area contributed by atoms with Gasteiger partial charge in [-0.15, -0.1) is 0 Å². The second kappa shape index (κ2) is 4.15. The molecule has 17 heavy (non-hydrogen) atoms. The van der Waals surface area contributed by atoms with Gasteiger partial charge in [0.1, 0.15) is 11.6 Å². The van der Waals surface area contributed by atoms with Gasteiger partial charge in [0.15, 0.2) is 0 Å². The van der Waals surface area contributed by atoms with Crippen LogP contribution in [0.1, 0.15) is 37.4 Å². The molecule has 1 aromatic carbocycles. The summed E-state index contributed by atoms with van der Waals surface area (Å²) >= 11 is 5.98. The van der Waals surface area contributed by atoms with Crippen LogP contribution in [0.25, 0.3) is 10.9 Å². The second-order valence-corrected chi connectivity index (χ2v) is 5.05. The Labute approximate surface area is 105 Å². The van der Waals surface area contributed by atoms with Crippen LogP contribution in [-0.4, -0.2) is 9.97 Å². The third kappa shape index (κ3) is 1.95. The van der Waals surface area contributed by atoms with Crippen molar-refractivity contribution in [2.75, 3.05) is 5.73 Å². The van der Waals surface area contributed by atoms with Gasteiger partial charge in [-0.05, 0) is 31.0 Å². The predicted molar refractivity (Wildman–Crippen MR) is 70.2 cm³/mol. The fourth-order valence-corrected chi connectivity index (χ4v) is 2.68. The molecule has 1 aliphatic carbocycles. The number of aromatic nitrogens is 2. The third-order valence-corrected chi connectivity index (χ3v) is 3.66. The van der Waals surface area contributed by atoms with Gasteiger partial charge < -0.3 is 5.73 Å². The van der Waals surface area contributed by atoms with Crippen LogP contribution < -0.4 is 5.73 Å². The van der Waals surface area contributed by atoms with Gasteiger partial charge in [0.05, 0.1) is 5.52 Å². The van der Waals surface area contributed by atoms with Crippen LogP contribution in [-0.2, 0) is 0 Å². The highest BCUT2D eigenvalue weighted by atomic mass is 35.5. The highest BCUT2D eigenvalue weighted by Gasteiger charge is 2.20. The number of hydrogen-bond donors (Lipinski definition) is 1. The summed E-state index contributed by atoms with van der Waals surface area (Å²) in [5, 5.41) is 1.57. The Kier molecular flexibility index (Phi) is 2.63. The Morgan fingerprint density at radius 1 is 1.18 bits per heavy atom. The van der Waals surface area contributed by atoms with Crippen LogP contribution in [0.3, 0.4) is 0 Å². The molecular formula is C13H14ClN3. The van der Waals surface area contributed by atoms with Crippen LogP contribution in [0.4, 0.5) is 5.82 Å². The van der Waals surface area contributed by atoms with Crippen molar-refractivity contribution in [3.8, 4) is 0 Å². The molecule has 0 aliphatic heterocycles. The number of hydrogen-bond acceptors (Lipinski definition) is 3. The Morgan fingerprint density at radius 2 is 1.94 bits per heavy atom. The predicted octanol–water partition coefficient (Wildman–Crippen LogP) is 3.52. The molecular weight excluding hydrogens is 234 g/mol. The number of nitrogens with two attached hydrogens (primary N) is 1. The minimum atomic E-state index is 0.473. The topological polar surface area (TPSA) is 51.8 Å². The van der Waals surface area contributed by atoms with E-state index in [0.717, 1.165) is 16.7 Å². The van der Waals surface area contributed by atoms with Crippen molar-refractivity contribution in [1.82, 2.24) is 9.97 Å². The summed E-state index contributed by atoms with van der Waals surface area (Å²) in [5.74, 6) is 1.92. The highest BCUT2D eigenvalue weighted by molar-refractivity contribution is 6.31. The maximum Gasteiger partial charge on any atom is 0.135 e. The van der Waals surface area contributed by atoms with E-state index in [4.69, 9.17) is 17.3 Å². The maximum atomic E-state index is 5.98. The second-order valence-electron chi connectivity index (χ2n) is 4.61.